The maximum Gasteiger partial charge on any atom is 0.122 e. The number of nitrogens with one attached hydrogen (secondary N) is 1. The van der Waals surface area contributed by atoms with Crippen LogP contribution in [0.2, 0.25) is 0 Å². The Morgan fingerprint density at radius 2 is 2.31 bits per heavy atom. The molecule has 0 saturated heterocycles. The molecule has 1 unspecified atom stereocenters. The Bertz CT molecular complexity index is 329. The van der Waals surface area contributed by atoms with E-state index >= 15 is 0 Å². The van der Waals surface area contributed by atoms with Gasteiger partial charge in [0.2, 0.25) is 0 Å². The van der Waals surface area contributed by atoms with Gasteiger partial charge in [0, 0.05) is 24.8 Å². The van der Waals surface area contributed by atoms with Crippen molar-refractivity contribution in [3.63, 3.8) is 0 Å². The lowest BCUT2D eigenvalue weighted by Gasteiger charge is -2.26. The molecule has 1 aliphatic rings. The van der Waals surface area contributed by atoms with Gasteiger partial charge in [0.15, 0.2) is 0 Å². The molecule has 0 spiro atoms. The Balaban J connectivity index is 1.91. The summed E-state index contributed by atoms with van der Waals surface area (Å²) in [7, 11) is 0. The van der Waals surface area contributed by atoms with Crippen LogP contribution in [-0.4, -0.2) is 31.7 Å². The number of rotatable bonds is 5. The zero-order valence-electron chi connectivity index (χ0n) is 9.74. The molecule has 88 valence electrons. The van der Waals surface area contributed by atoms with E-state index in [0.29, 0.717) is 5.92 Å². The minimum Gasteiger partial charge on any atom is -0.493 e. The first-order valence-electron chi connectivity index (χ1n) is 5.83. The molecule has 1 aromatic carbocycles. The number of para-hydroxylation sites is 1. The van der Waals surface area contributed by atoms with Gasteiger partial charge in [-0.3, -0.25) is 0 Å². The summed E-state index contributed by atoms with van der Waals surface area (Å²) in [5.74, 6) is 2.88. The average molecular weight is 237 g/mol. The first kappa shape index (κ1) is 11.8. The lowest BCUT2D eigenvalue weighted by molar-refractivity contribution is 0.265. The lowest BCUT2D eigenvalue weighted by Crippen LogP contribution is -2.27. The molecular formula is C13H19NOS. The van der Waals surface area contributed by atoms with Crippen molar-refractivity contribution < 1.29 is 4.74 Å². The number of thioether (sulfide) groups is 1. The highest BCUT2D eigenvalue weighted by molar-refractivity contribution is 7.98. The highest BCUT2D eigenvalue weighted by Gasteiger charge is 2.20. The van der Waals surface area contributed by atoms with Crippen LogP contribution in [0.15, 0.2) is 24.3 Å². The van der Waals surface area contributed by atoms with Gasteiger partial charge in [-0.25, -0.2) is 0 Å². The third-order valence-electron chi connectivity index (χ3n) is 2.96. The molecule has 0 radical (unpaired) electrons. The smallest absolute Gasteiger partial charge is 0.122 e. The van der Waals surface area contributed by atoms with Crippen molar-refractivity contribution in [2.24, 2.45) is 0 Å². The Morgan fingerprint density at radius 3 is 3.19 bits per heavy atom. The van der Waals surface area contributed by atoms with Crippen molar-refractivity contribution in [2.45, 2.75) is 12.3 Å². The molecule has 0 bridgehead atoms. The topological polar surface area (TPSA) is 21.3 Å². The molecule has 1 aromatic rings. The third-order valence-corrected chi connectivity index (χ3v) is 3.57. The van der Waals surface area contributed by atoms with Crippen molar-refractivity contribution in [1.82, 2.24) is 5.32 Å². The molecule has 2 rings (SSSR count). The minimum absolute atomic E-state index is 0.617. The van der Waals surface area contributed by atoms with Crippen LogP contribution in [0.25, 0.3) is 0 Å². The van der Waals surface area contributed by atoms with Gasteiger partial charge >= 0.3 is 0 Å². The number of benzene rings is 1. The van der Waals surface area contributed by atoms with E-state index in [1.807, 2.05) is 17.8 Å². The van der Waals surface area contributed by atoms with Gasteiger partial charge in [0.1, 0.15) is 5.75 Å². The maximum absolute atomic E-state index is 5.65. The molecule has 1 aliphatic heterocycles. The largest absolute Gasteiger partial charge is 0.493 e. The summed E-state index contributed by atoms with van der Waals surface area (Å²) in [6, 6.07) is 8.41. The van der Waals surface area contributed by atoms with E-state index in [0.717, 1.165) is 31.9 Å². The fourth-order valence-electron chi connectivity index (χ4n) is 2.08. The summed E-state index contributed by atoms with van der Waals surface area (Å²) in [6.07, 6.45) is 3.27. The summed E-state index contributed by atoms with van der Waals surface area (Å²) in [5, 5.41) is 3.52. The van der Waals surface area contributed by atoms with E-state index in [4.69, 9.17) is 4.74 Å². The van der Waals surface area contributed by atoms with Crippen LogP contribution in [0.4, 0.5) is 0 Å². The van der Waals surface area contributed by atoms with Crippen molar-refractivity contribution in [3.05, 3.63) is 29.8 Å². The molecule has 0 aromatic heterocycles. The summed E-state index contributed by atoms with van der Waals surface area (Å²) in [4.78, 5) is 0. The zero-order valence-corrected chi connectivity index (χ0v) is 10.6. The third kappa shape index (κ3) is 2.92. The second-order valence-electron chi connectivity index (χ2n) is 4.07. The van der Waals surface area contributed by atoms with Gasteiger partial charge in [-0.05, 0) is 24.3 Å². The molecule has 0 saturated carbocycles. The van der Waals surface area contributed by atoms with Crippen molar-refractivity contribution in [2.75, 3.05) is 31.7 Å². The van der Waals surface area contributed by atoms with Gasteiger partial charge in [0.25, 0.3) is 0 Å². The van der Waals surface area contributed by atoms with E-state index in [2.05, 4.69) is 29.8 Å². The molecule has 0 fully saturated rings. The highest BCUT2D eigenvalue weighted by Crippen LogP contribution is 2.32. The van der Waals surface area contributed by atoms with Gasteiger partial charge in [0.05, 0.1) is 6.61 Å². The molecule has 0 amide bonds. The second-order valence-corrected chi connectivity index (χ2v) is 5.05. The predicted molar refractivity (Wildman–Crippen MR) is 70.5 cm³/mol. The SMILES string of the molecule is CSCCNCC1CCOc2ccccc21. The number of ether oxygens (including phenoxy) is 1. The highest BCUT2D eigenvalue weighted by atomic mass is 32.2. The van der Waals surface area contributed by atoms with Gasteiger partial charge in [-0.15, -0.1) is 0 Å². The van der Waals surface area contributed by atoms with Gasteiger partial charge in [-0.2, -0.15) is 11.8 Å². The molecule has 2 nitrogen and oxygen atoms in total. The van der Waals surface area contributed by atoms with Crippen LogP contribution in [0.3, 0.4) is 0 Å². The van der Waals surface area contributed by atoms with Crippen LogP contribution in [0.5, 0.6) is 5.75 Å². The van der Waals surface area contributed by atoms with E-state index in [9.17, 15) is 0 Å². The lowest BCUT2D eigenvalue weighted by atomic mass is 9.93. The molecule has 1 heterocycles. The standard InChI is InChI=1S/C13H19NOS/c1-16-9-7-14-10-11-6-8-15-13-5-3-2-4-12(11)13/h2-5,11,14H,6-10H2,1H3. The van der Waals surface area contributed by atoms with Crippen LogP contribution in [0, 0.1) is 0 Å². The van der Waals surface area contributed by atoms with Crippen LogP contribution in [0.1, 0.15) is 17.9 Å². The molecule has 16 heavy (non-hydrogen) atoms. The van der Waals surface area contributed by atoms with E-state index in [-0.39, 0.29) is 0 Å². The Labute approximate surface area is 102 Å². The second kappa shape index (κ2) is 6.16. The molecule has 1 N–H and O–H groups in total. The number of fused-ring (bicyclic) bond motifs is 1. The predicted octanol–water partition coefficient (Wildman–Crippen LogP) is 2.51. The van der Waals surface area contributed by atoms with Crippen molar-refractivity contribution in [1.29, 1.82) is 0 Å². The van der Waals surface area contributed by atoms with E-state index in [1.165, 1.54) is 11.3 Å². The fourth-order valence-corrected chi connectivity index (χ4v) is 2.43. The Kier molecular flexibility index (Phi) is 4.55. The molecule has 1 atom stereocenters. The summed E-state index contributed by atoms with van der Waals surface area (Å²) in [6.45, 7) is 3.02. The summed E-state index contributed by atoms with van der Waals surface area (Å²) < 4.78 is 5.65. The maximum atomic E-state index is 5.65. The summed E-state index contributed by atoms with van der Waals surface area (Å²) in [5.41, 5.74) is 1.37. The number of hydrogen-bond donors (Lipinski definition) is 1. The van der Waals surface area contributed by atoms with E-state index in [1.54, 1.807) is 0 Å². The van der Waals surface area contributed by atoms with Crippen molar-refractivity contribution in [3.8, 4) is 5.75 Å². The molecular weight excluding hydrogens is 218 g/mol. The minimum atomic E-state index is 0.617. The normalized spacial score (nSPS) is 18.9. The Morgan fingerprint density at radius 1 is 1.44 bits per heavy atom. The van der Waals surface area contributed by atoms with Crippen LogP contribution >= 0.6 is 11.8 Å². The van der Waals surface area contributed by atoms with Crippen LogP contribution < -0.4 is 10.1 Å². The Hall–Kier alpha value is -0.670. The van der Waals surface area contributed by atoms with Crippen molar-refractivity contribution >= 4 is 11.8 Å². The fraction of sp³-hybridized carbons (Fsp3) is 0.538. The number of hydrogen-bond acceptors (Lipinski definition) is 3. The summed E-state index contributed by atoms with van der Waals surface area (Å²) >= 11 is 1.89. The first-order chi connectivity index (χ1) is 7.92. The zero-order chi connectivity index (χ0) is 11.2. The van der Waals surface area contributed by atoms with Gasteiger partial charge < -0.3 is 10.1 Å². The molecule has 3 heteroatoms. The van der Waals surface area contributed by atoms with Crippen LogP contribution in [-0.2, 0) is 0 Å². The first-order valence-corrected chi connectivity index (χ1v) is 7.22. The van der Waals surface area contributed by atoms with E-state index < -0.39 is 0 Å². The molecule has 0 aliphatic carbocycles. The average Bonchev–Trinajstić information content (AvgIpc) is 2.35. The van der Waals surface area contributed by atoms with Gasteiger partial charge in [-0.1, -0.05) is 18.2 Å². The quantitative estimate of drug-likeness (QED) is 0.795. The monoisotopic (exact) mass is 237 g/mol.